The van der Waals surface area contributed by atoms with E-state index in [9.17, 15) is 19.2 Å². The molecule has 3 N–H and O–H groups in total. The fraction of sp³-hybridized carbons (Fsp3) is 0.481. The van der Waals surface area contributed by atoms with Crippen molar-refractivity contribution in [3.63, 3.8) is 0 Å². The van der Waals surface area contributed by atoms with Gasteiger partial charge in [0.25, 0.3) is 5.91 Å². The SMILES string of the molecule is C[C@@H](c1cc2c(-c3ccc(N)nc3)ccnc2n1C)N1CCC(c2ccc(C(=O)N3CCC(CN4CCN(Cc5ccc6c(c5)n(CC5CC5)c(=O)n6C5CCC(=O)NC5=O)CC4)CC3)cc2)CC1. The lowest BCUT2D eigenvalue weighted by atomic mass is 9.88. The van der Waals surface area contributed by atoms with Gasteiger partial charge in [0, 0.05) is 113 Å². The Morgan fingerprint density at radius 3 is 2.22 bits per heavy atom. The number of aryl methyl sites for hydroxylation is 1. The summed E-state index contributed by atoms with van der Waals surface area (Å²) >= 11 is 0. The molecule has 4 aromatic heterocycles. The molecule has 0 radical (unpaired) electrons. The molecule has 69 heavy (non-hydrogen) atoms. The van der Waals surface area contributed by atoms with Crippen LogP contribution in [0.25, 0.3) is 33.2 Å². The van der Waals surface area contributed by atoms with Crippen LogP contribution in [0.3, 0.4) is 0 Å². The number of likely N-dealkylation sites (tertiary alicyclic amines) is 2. The zero-order valence-corrected chi connectivity index (χ0v) is 40.1. The number of piperazine rings is 1. The third-order valence-electron chi connectivity index (χ3n) is 16.2. The van der Waals surface area contributed by atoms with E-state index in [0.29, 0.717) is 36.5 Å². The molecule has 1 aliphatic carbocycles. The monoisotopic (exact) mass is 932 g/mol. The number of anilines is 1. The molecule has 1 saturated carbocycles. The zero-order chi connectivity index (χ0) is 47.3. The molecule has 1 unspecified atom stereocenters. The third-order valence-corrected chi connectivity index (χ3v) is 16.2. The fourth-order valence-corrected chi connectivity index (χ4v) is 11.8. The molecule has 4 saturated heterocycles. The lowest BCUT2D eigenvalue weighted by Crippen LogP contribution is -2.48. The van der Waals surface area contributed by atoms with Crippen molar-refractivity contribution in [2.24, 2.45) is 18.9 Å². The first-order valence-electron chi connectivity index (χ1n) is 25.4. The Labute approximate surface area is 403 Å². The Morgan fingerprint density at radius 2 is 1.51 bits per heavy atom. The average molecular weight is 932 g/mol. The van der Waals surface area contributed by atoms with Crippen molar-refractivity contribution in [2.75, 3.05) is 64.6 Å². The number of nitrogens with two attached hydrogens (primary N) is 1. The van der Waals surface area contributed by atoms with Gasteiger partial charge in [-0.05, 0) is 148 Å². The molecule has 3 amide bonds. The number of piperidine rings is 3. The smallest absolute Gasteiger partial charge is 0.329 e. The molecule has 5 aliphatic rings. The largest absolute Gasteiger partial charge is 0.384 e. The van der Waals surface area contributed by atoms with Crippen LogP contribution >= 0.6 is 0 Å². The van der Waals surface area contributed by atoms with Crippen molar-refractivity contribution in [1.82, 2.24) is 48.6 Å². The summed E-state index contributed by atoms with van der Waals surface area (Å²) in [7, 11) is 2.12. The van der Waals surface area contributed by atoms with Gasteiger partial charge in [-0.25, -0.2) is 14.8 Å². The van der Waals surface area contributed by atoms with Gasteiger partial charge in [0.15, 0.2) is 0 Å². The van der Waals surface area contributed by atoms with Crippen molar-refractivity contribution < 1.29 is 14.4 Å². The van der Waals surface area contributed by atoms with E-state index in [1.165, 1.54) is 16.8 Å². The standard InChI is InChI=1S/C54H65N11O4/c1-35(47-30-44-43(15-20-56-51(44)59(47)2)42-10-13-49(55)57-31-42)62-23-18-40(19-24-62)39-6-8-41(9-7-39)53(68)63-21-16-37(17-22-63)32-60-25-27-61(28-26-60)33-38-5-11-45-48(29-38)64(34-36-3-4-36)54(69)65(45)46-12-14-50(66)58-52(46)67/h5-11,13,15,20,29-31,35-37,40,46H,3-4,12,14,16-19,21-28,32-34H2,1-2H3,(H2,55,57)(H,58,66,67)/t35-,46?/m0/s1. The summed E-state index contributed by atoms with van der Waals surface area (Å²) in [5, 5.41) is 3.56. The Kier molecular flexibility index (Phi) is 12.5. The highest BCUT2D eigenvalue weighted by atomic mass is 16.2. The molecule has 15 nitrogen and oxygen atoms in total. The van der Waals surface area contributed by atoms with Crippen LogP contribution in [0, 0.1) is 11.8 Å². The van der Waals surface area contributed by atoms with Gasteiger partial charge in [-0.15, -0.1) is 0 Å². The predicted octanol–water partition coefficient (Wildman–Crippen LogP) is 6.33. The van der Waals surface area contributed by atoms with Gasteiger partial charge in [0.2, 0.25) is 11.8 Å². The van der Waals surface area contributed by atoms with E-state index in [1.807, 2.05) is 35.2 Å². The maximum atomic E-state index is 13.8. The molecule has 360 valence electrons. The molecule has 2 aromatic carbocycles. The second-order valence-corrected chi connectivity index (χ2v) is 20.6. The molecule has 0 spiro atoms. The minimum absolute atomic E-state index is 0.146. The molecule has 5 fully saturated rings. The van der Waals surface area contributed by atoms with Crippen molar-refractivity contribution in [3.05, 3.63) is 112 Å². The van der Waals surface area contributed by atoms with Gasteiger partial charge in [-0.1, -0.05) is 18.2 Å². The van der Waals surface area contributed by atoms with E-state index in [2.05, 4.69) is 97.0 Å². The summed E-state index contributed by atoms with van der Waals surface area (Å²) in [4.78, 5) is 71.0. The average Bonchev–Trinajstić information content (AvgIpc) is 4.08. The molecule has 2 atom stereocenters. The Bertz CT molecular complexity index is 2930. The Balaban J connectivity index is 0.636. The van der Waals surface area contributed by atoms with Crippen LogP contribution in [0.1, 0.15) is 103 Å². The van der Waals surface area contributed by atoms with E-state index in [0.717, 1.165) is 143 Å². The van der Waals surface area contributed by atoms with Gasteiger partial charge < -0.3 is 20.1 Å². The predicted molar refractivity (Wildman–Crippen MR) is 267 cm³/mol. The Morgan fingerprint density at radius 1 is 0.768 bits per heavy atom. The summed E-state index contributed by atoms with van der Waals surface area (Å²) < 4.78 is 5.72. The summed E-state index contributed by atoms with van der Waals surface area (Å²) in [5.41, 5.74) is 15.0. The molecule has 4 aliphatic heterocycles. The number of imide groups is 1. The van der Waals surface area contributed by atoms with Crippen LogP contribution in [-0.2, 0) is 29.7 Å². The highest BCUT2D eigenvalue weighted by Crippen LogP contribution is 2.37. The van der Waals surface area contributed by atoms with Crippen LogP contribution in [0.5, 0.6) is 0 Å². The molecular formula is C54H65N11O4. The molecular weight excluding hydrogens is 867 g/mol. The normalized spacial score (nSPS) is 21.1. The summed E-state index contributed by atoms with van der Waals surface area (Å²) in [5.74, 6) is 1.54. The second kappa shape index (κ2) is 19.0. The number of carbonyl (C=O) groups is 3. The highest BCUT2D eigenvalue weighted by molar-refractivity contribution is 6.00. The molecule has 6 aromatic rings. The van der Waals surface area contributed by atoms with E-state index < -0.39 is 11.9 Å². The minimum Gasteiger partial charge on any atom is -0.384 e. The van der Waals surface area contributed by atoms with Gasteiger partial charge in [0.05, 0.1) is 11.0 Å². The van der Waals surface area contributed by atoms with Crippen LogP contribution in [0.4, 0.5) is 5.82 Å². The molecule has 8 heterocycles. The number of benzene rings is 2. The first kappa shape index (κ1) is 45.3. The number of amides is 3. The van der Waals surface area contributed by atoms with Crippen LogP contribution in [0.2, 0.25) is 0 Å². The topological polar surface area (TPSA) is 160 Å². The lowest BCUT2D eigenvalue weighted by molar-refractivity contribution is -0.135. The second-order valence-electron chi connectivity index (χ2n) is 20.6. The van der Waals surface area contributed by atoms with E-state index >= 15 is 0 Å². The third kappa shape index (κ3) is 9.24. The summed E-state index contributed by atoms with van der Waals surface area (Å²) in [6, 6.07) is 22.5. The molecule has 11 rings (SSSR count). The summed E-state index contributed by atoms with van der Waals surface area (Å²) in [6.45, 7) is 12.4. The fourth-order valence-electron chi connectivity index (χ4n) is 11.8. The van der Waals surface area contributed by atoms with Crippen molar-refractivity contribution in [2.45, 2.75) is 89.4 Å². The van der Waals surface area contributed by atoms with Crippen molar-refractivity contribution in [1.29, 1.82) is 0 Å². The van der Waals surface area contributed by atoms with Gasteiger partial charge in [-0.3, -0.25) is 38.6 Å². The van der Waals surface area contributed by atoms with E-state index in [4.69, 9.17) is 10.7 Å². The number of nitrogens with one attached hydrogen (secondary N) is 1. The number of hydrogen-bond acceptors (Lipinski definition) is 10. The van der Waals surface area contributed by atoms with Crippen molar-refractivity contribution in [3.8, 4) is 11.1 Å². The number of nitrogen functional groups attached to an aromatic ring is 1. The number of nitrogens with zero attached hydrogens (tertiary/aromatic N) is 9. The number of carbonyl (C=O) groups excluding carboxylic acids is 3. The number of fused-ring (bicyclic) bond motifs is 2. The van der Waals surface area contributed by atoms with E-state index in [-0.39, 0.29) is 30.0 Å². The number of hydrogen-bond donors (Lipinski definition) is 2. The van der Waals surface area contributed by atoms with Gasteiger partial charge in [0.1, 0.15) is 17.5 Å². The number of aromatic nitrogens is 5. The number of imidazole rings is 1. The summed E-state index contributed by atoms with van der Waals surface area (Å²) in [6.07, 6.45) is 10.7. The molecule has 15 heteroatoms. The zero-order valence-electron chi connectivity index (χ0n) is 40.1. The first-order valence-corrected chi connectivity index (χ1v) is 25.4. The van der Waals surface area contributed by atoms with Gasteiger partial charge in [-0.2, -0.15) is 0 Å². The number of pyridine rings is 2. The van der Waals surface area contributed by atoms with Gasteiger partial charge >= 0.3 is 5.69 Å². The Hall–Kier alpha value is -6.16. The molecule has 0 bridgehead atoms. The highest BCUT2D eigenvalue weighted by Gasteiger charge is 2.34. The lowest BCUT2D eigenvalue weighted by Gasteiger charge is -2.39. The maximum Gasteiger partial charge on any atom is 0.329 e. The minimum atomic E-state index is -0.670. The number of rotatable bonds is 12. The van der Waals surface area contributed by atoms with Crippen LogP contribution < -0.4 is 16.7 Å². The first-order chi connectivity index (χ1) is 33.5. The van der Waals surface area contributed by atoms with Crippen LogP contribution in [0.15, 0.2) is 83.9 Å². The van der Waals surface area contributed by atoms with Crippen LogP contribution in [-0.4, -0.2) is 120 Å². The van der Waals surface area contributed by atoms with Crippen molar-refractivity contribution >= 4 is 45.6 Å². The maximum absolute atomic E-state index is 13.8. The van der Waals surface area contributed by atoms with E-state index in [1.54, 1.807) is 4.57 Å². The quantitative estimate of drug-likeness (QED) is 0.133.